The summed E-state index contributed by atoms with van der Waals surface area (Å²) in [6.45, 7) is 15.5. The zero-order valence-electron chi connectivity index (χ0n) is 13.7. The third kappa shape index (κ3) is 3.06. The summed E-state index contributed by atoms with van der Waals surface area (Å²) in [6.07, 6.45) is 0. The Morgan fingerprint density at radius 3 is 2.40 bits per heavy atom. The zero-order valence-corrected chi connectivity index (χ0v) is 13.7. The van der Waals surface area contributed by atoms with E-state index in [1.807, 2.05) is 0 Å². The molecule has 1 aromatic heterocycles. The molecule has 2 aromatic rings. The lowest BCUT2D eigenvalue weighted by atomic mass is 10.1. The molecule has 0 bridgehead atoms. The average Bonchev–Trinajstić information content (AvgIpc) is 2.61. The van der Waals surface area contributed by atoms with Gasteiger partial charge in [0.25, 0.3) is 0 Å². The standard InChI is InChI=1S/C18H28N2/c1-12(2)11-20-15(6)14(5)17-9-16(7-8-18(17)20)10-19-13(3)4/h7-9,12-13,19H,10-11H2,1-6H3. The topological polar surface area (TPSA) is 17.0 Å². The van der Waals surface area contributed by atoms with Gasteiger partial charge in [0.1, 0.15) is 0 Å². The van der Waals surface area contributed by atoms with E-state index in [1.165, 1.54) is 27.7 Å². The zero-order chi connectivity index (χ0) is 14.9. The SMILES string of the molecule is Cc1c(C)n(CC(C)C)c2ccc(CNC(C)C)cc12. The third-order valence-corrected chi connectivity index (χ3v) is 3.97. The molecule has 0 aliphatic rings. The van der Waals surface area contributed by atoms with Crippen molar-refractivity contribution in [2.75, 3.05) is 0 Å². The summed E-state index contributed by atoms with van der Waals surface area (Å²) in [6, 6.07) is 7.42. The Hall–Kier alpha value is -1.28. The minimum atomic E-state index is 0.527. The molecule has 1 aromatic carbocycles. The van der Waals surface area contributed by atoms with Gasteiger partial charge in [-0.1, -0.05) is 33.8 Å². The molecule has 0 amide bonds. The van der Waals surface area contributed by atoms with E-state index < -0.39 is 0 Å². The van der Waals surface area contributed by atoms with Crippen LogP contribution in [0, 0.1) is 19.8 Å². The maximum Gasteiger partial charge on any atom is 0.0485 e. The highest BCUT2D eigenvalue weighted by molar-refractivity contribution is 5.86. The van der Waals surface area contributed by atoms with E-state index in [0.717, 1.165) is 13.1 Å². The van der Waals surface area contributed by atoms with Crippen molar-refractivity contribution in [2.45, 2.75) is 60.7 Å². The van der Waals surface area contributed by atoms with Gasteiger partial charge in [0.2, 0.25) is 0 Å². The van der Waals surface area contributed by atoms with Crippen molar-refractivity contribution in [3.05, 3.63) is 35.0 Å². The average molecular weight is 272 g/mol. The molecule has 0 unspecified atom stereocenters. The van der Waals surface area contributed by atoms with Gasteiger partial charge in [0, 0.05) is 35.7 Å². The molecule has 0 spiro atoms. The van der Waals surface area contributed by atoms with Gasteiger partial charge in [0.05, 0.1) is 0 Å². The predicted molar refractivity (Wildman–Crippen MR) is 88.2 cm³/mol. The van der Waals surface area contributed by atoms with E-state index >= 15 is 0 Å². The van der Waals surface area contributed by atoms with Crippen LogP contribution in [0.1, 0.15) is 44.5 Å². The van der Waals surface area contributed by atoms with E-state index in [-0.39, 0.29) is 0 Å². The van der Waals surface area contributed by atoms with E-state index in [1.54, 1.807) is 0 Å². The number of aromatic nitrogens is 1. The molecule has 1 heterocycles. The van der Waals surface area contributed by atoms with Crippen LogP contribution in [0.15, 0.2) is 18.2 Å². The molecule has 0 atom stereocenters. The van der Waals surface area contributed by atoms with Crippen LogP contribution in [0.2, 0.25) is 0 Å². The normalized spacial score (nSPS) is 12.0. The van der Waals surface area contributed by atoms with Crippen molar-refractivity contribution in [1.82, 2.24) is 9.88 Å². The van der Waals surface area contributed by atoms with Crippen molar-refractivity contribution >= 4 is 10.9 Å². The lowest BCUT2D eigenvalue weighted by Crippen LogP contribution is -2.21. The molecule has 2 nitrogen and oxygen atoms in total. The van der Waals surface area contributed by atoms with Crippen molar-refractivity contribution in [2.24, 2.45) is 5.92 Å². The molecule has 0 aliphatic heterocycles. The first kappa shape index (κ1) is 15.1. The third-order valence-electron chi connectivity index (χ3n) is 3.97. The number of nitrogens with zero attached hydrogens (tertiary/aromatic N) is 1. The van der Waals surface area contributed by atoms with Gasteiger partial charge in [-0.3, -0.25) is 0 Å². The van der Waals surface area contributed by atoms with Crippen LogP contribution in [0.5, 0.6) is 0 Å². The molecule has 0 saturated heterocycles. The second kappa shape index (κ2) is 6.01. The van der Waals surface area contributed by atoms with Crippen molar-refractivity contribution in [1.29, 1.82) is 0 Å². The molecule has 20 heavy (non-hydrogen) atoms. The Morgan fingerprint density at radius 1 is 1.10 bits per heavy atom. The summed E-state index contributed by atoms with van der Waals surface area (Å²) in [5.41, 5.74) is 5.58. The molecule has 2 rings (SSSR count). The number of rotatable bonds is 5. The summed E-state index contributed by atoms with van der Waals surface area (Å²) in [5, 5.41) is 4.90. The first-order valence-corrected chi connectivity index (χ1v) is 7.71. The van der Waals surface area contributed by atoms with Crippen molar-refractivity contribution in [3.8, 4) is 0 Å². The first-order valence-electron chi connectivity index (χ1n) is 7.71. The molecule has 0 saturated carbocycles. The largest absolute Gasteiger partial charge is 0.344 e. The minimum Gasteiger partial charge on any atom is -0.344 e. The van der Waals surface area contributed by atoms with E-state index in [2.05, 4.69) is 69.6 Å². The van der Waals surface area contributed by atoms with Crippen LogP contribution in [-0.2, 0) is 13.1 Å². The van der Waals surface area contributed by atoms with Crippen LogP contribution in [0.4, 0.5) is 0 Å². The summed E-state index contributed by atoms with van der Waals surface area (Å²) in [5.74, 6) is 0.672. The highest BCUT2D eigenvalue weighted by atomic mass is 15.0. The van der Waals surface area contributed by atoms with Crippen molar-refractivity contribution in [3.63, 3.8) is 0 Å². The highest BCUT2D eigenvalue weighted by Crippen LogP contribution is 2.27. The number of benzene rings is 1. The Morgan fingerprint density at radius 2 is 1.80 bits per heavy atom. The number of nitrogens with one attached hydrogen (secondary N) is 1. The summed E-state index contributed by atoms with van der Waals surface area (Å²) < 4.78 is 2.47. The Bertz CT molecular complexity index is 591. The molecule has 0 radical (unpaired) electrons. The van der Waals surface area contributed by atoms with Gasteiger partial charge < -0.3 is 9.88 Å². The molecular weight excluding hydrogens is 244 g/mol. The second-order valence-corrected chi connectivity index (χ2v) is 6.60. The van der Waals surface area contributed by atoms with Crippen LogP contribution in [-0.4, -0.2) is 10.6 Å². The van der Waals surface area contributed by atoms with Gasteiger partial charge >= 0.3 is 0 Å². The van der Waals surface area contributed by atoms with Gasteiger partial charge in [-0.2, -0.15) is 0 Å². The van der Waals surface area contributed by atoms with E-state index in [4.69, 9.17) is 0 Å². The molecule has 0 fully saturated rings. The molecule has 110 valence electrons. The number of hydrogen-bond donors (Lipinski definition) is 1. The van der Waals surface area contributed by atoms with E-state index in [0.29, 0.717) is 12.0 Å². The van der Waals surface area contributed by atoms with Gasteiger partial charge in [-0.15, -0.1) is 0 Å². The molecule has 0 aliphatic carbocycles. The smallest absolute Gasteiger partial charge is 0.0485 e. The van der Waals surface area contributed by atoms with Crippen LogP contribution < -0.4 is 5.32 Å². The summed E-state index contributed by atoms with van der Waals surface area (Å²) in [7, 11) is 0. The molecule has 1 N–H and O–H groups in total. The Kier molecular flexibility index (Phi) is 4.54. The van der Waals surface area contributed by atoms with Crippen molar-refractivity contribution < 1.29 is 0 Å². The number of fused-ring (bicyclic) bond motifs is 1. The monoisotopic (exact) mass is 272 g/mol. The second-order valence-electron chi connectivity index (χ2n) is 6.60. The lowest BCUT2D eigenvalue weighted by Gasteiger charge is -2.12. The maximum absolute atomic E-state index is 3.49. The number of hydrogen-bond acceptors (Lipinski definition) is 1. The van der Waals surface area contributed by atoms with Gasteiger partial charge in [0.15, 0.2) is 0 Å². The van der Waals surface area contributed by atoms with Crippen LogP contribution in [0.25, 0.3) is 10.9 Å². The predicted octanol–water partition coefficient (Wildman–Crippen LogP) is 4.41. The van der Waals surface area contributed by atoms with Gasteiger partial charge in [-0.05, 0) is 43.0 Å². The minimum absolute atomic E-state index is 0.527. The fourth-order valence-corrected chi connectivity index (χ4v) is 2.73. The quantitative estimate of drug-likeness (QED) is 0.853. The summed E-state index contributed by atoms with van der Waals surface area (Å²) >= 11 is 0. The highest BCUT2D eigenvalue weighted by Gasteiger charge is 2.12. The van der Waals surface area contributed by atoms with Gasteiger partial charge in [-0.25, -0.2) is 0 Å². The Labute approximate surface area is 123 Å². The molecular formula is C18H28N2. The maximum atomic E-state index is 3.49. The lowest BCUT2D eigenvalue weighted by molar-refractivity contribution is 0.527. The van der Waals surface area contributed by atoms with Crippen LogP contribution >= 0.6 is 0 Å². The fourth-order valence-electron chi connectivity index (χ4n) is 2.73. The first-order chi connectivity index (χ1) is 9.40. The summed E-state index contributed by atoms with van der Waals surface area (Å²) in [4.78, 5) is 0. The fraction of sp³-hybridized carbons (Fsp3) is 0.556. The van der Waals surface area contributed by atoms with E-state index in [9.17, 15) is 0 Å². The van der Waals surface area contributed by atoms with Crippen LogP contribution in [0.3, 0.4) is 0 Å². The molecule has 2 heteroatoms. The Balaban J connectivity index is 2.40. The number of aryl methyl sites for hydroxylation is 1.